The number of ketones is 1. The maximum absolute atomic E-state index is 11.3. The molecule has 2 rings (SSSR count). The Balaban J connectivity index is 2.83. The van der Waals surface area contributed by atoms with E-state index in [-0.39, 0.29) is 28.7 Å². The average Bonchev–Trinajstić information content (AvgIpc) is 2.47. The second-order valence-electron chi connectivity index (χ2n) is 2.86. The lowest BCUT2D eigenvalue weighted by molar-refractivity contribution is -0.333. The van der Waals surface area contributed by atoms with Gasteiger partial charge in [-0.1, -0.05) is 0 Å². The van der Waals surface area contributed by atoms with E-state index in [1.54, 1.807) is 0 Å². The molecule has 7 heteroatoms. The number of nitrogens with two attached hydrogens (primary N) is 1. The van der Waals surface area contributed by atoms with E-state index >= 15 is 0 Å². The van der Waals surface area contributed by atoms with Gasteiger partial charge in [-0.3, -0.25) is 9.59 Å². The highest BCUT2D eigenvalue weighted by Gasteiger charge is 2.15. The van der Waals surface area contributed by atoms with E-state index in [4.69, 9.17) is 5.73 Å². The van der Waals surface area contributed by atoms with Crippen molar-refractivity contribution in [1.82, 2.24) is 15.0 Å². The number of nitrogens with zero attached hydrogens (tertiary/aromatic N) is 1. The minimum absolute atomic E-state index is 0.101. The van der Waals surface area contributed by atoms with Crippen LogP contribution in [0.3, 0.4) is 0 Å². The van der Waals surface area contributed by atoms with Crippen LogP contribution < -0.4 is 16.3 Å². The maximum atomic E-state index is 11.3. The summed E-state index contributed by atoms with van der Waals surface area (Å²) in [7, 11) is 0. The predicted octanol–water partition coefficient (Wildman–Crippen LogP) is -1.15. The van der Waals surface area contributed by atoms with Crippen molar-refractivity contribution >= 4 is 22.9 Å². The number of carbonyl (C=O) groups is 1. The van der Waals surface area contributed by atoms with Crippen molar-refractivity contribution in [2.75, 3.05) is 5.73 Å². The van der Waals surface area contributed by atoms with Crippen molar-refractivity contribution < 1.29 is 9.78 Å². The Labute approximate surface area is 77.4 Å². The quantitative estimate of drug-likeness (QED) is 0.496. The van der Waals surface area contributed by atoms with Crippen molar-refractivity contribution in [1.29, 1.82) is 0 Å². The Bertz CT molecular complexity index is 567. The van der Waals surface area contributed by atoms with Crippen LogP contribution in [0, 0.1) is 0 Å². The minimum Gasteiger partial charge on any atom is -0.316 e. The van der Waals surface area contributed by atoms with Gasteiger partial charge in [0.25, 0.3) is 5.65 Å². The molecular weight excluding hydrogens is 186 g/mol. The number of imidazole rings is 1. The first-order chi connectivity index (χ1) is 6.58. The number of Topliss-reactive ketones (excluding diaryl/α,β-unsaturated/α-hetero) is 1. The monoisotopic (exact) mass is 194 g/mol. The van der Waals surface area contributed by atoms with E-state index in [1.165, 1.54) is 6.92 Å². The Morgan fingerprint density at radius 3 is 2.86 bits per heavy atom. The van der Waals surface area contributed by atoms with E-state index in [0.717, 1.165) is 0 Å². The van der Waals surface area contributed by atoms with Gasteiger partial charge in [0.15, 0.2) is 5.52 Å². The number of carbonyl (C=O) groups excluding carboxylic acids is 1. The van der Waals surface area contributed by atoms with Gasteiger partial charge in [-0.05, 0) is 0 Å². The fourth-order valence-electron chi connectivity index (χ4n) is 1.14. The predicted molar refractivity (Wildman–Crippen MR) is 47.7 cm³/mol. The molecule has 0 spiro atoms. The molecule has 0 aliphatic rings. The zero-order valence-corrected chi connectivity index (χ0v) is 7.34. The maximum Gasteiger partial charge on any atom is 0.322 e. The molecule has 0 amide bonds. The molecule has 0 bridgehead atoms. The minimum atomic E-state index is -0.406. The van der Waals surface area contributed by atoms with Crippen LogP contribution in [0.25, 0.3) is 11.2 Å². The molecule has 2 aromatic rings. The molecule has 0 radical (unpaired) electrons. The fraction of sp³-hybridized carbons (Fsp3) is 0.143. The lowest BCUT2D eigenvalue weighted by Crippen LogP contribution is -2.21. The number of hydrogen-bond acceptors (Lipinski definition) is 4. The van der Waals surface area contributed by atoms with E-state index in [1.807, 2.05) is 0 Å². The molecular formula is C7H8N5O2+. The lowest BCUT2D eigenvalue weighted by Gasteiger charge is -1.84. The highest BCUT2D eigenvalue weighted by atomic mass is 16.1. The van der Waals surface area contributed by atoms with Crippen molar-refractivity contribution in [2.45, 2.75) is 6.92 Å². The molecule has 2 heterocycles. The number of aromatic amines is 3. The highest BCUT2D eigenvalue weighted by Crippen LogP contribution is 2.01. The molecule has 0 saturated carbocycles. The van der Waals surface area contributed by atoms with E-state index in [0.29, 0.717) is 0 Å². The van der Waals surface area contributed by atoms with Crippen molar-refractivity contribution in [3.05, 3.63) is 16.2 Å². The van der Waals surface area contributed by atoms with Crippen LogP contribution in [0.4, 0.5) is 5.95 Å². The summed E-state index contributed by atoms with van der Waals surface area (Å²) < 4.78 is 0. The first kappa shape index (κ1) is 8.42. The summed E-state index contributed by atoms with van der Waals surface area (Å²) in [5.41, 5.74) is 5.44. The van der Waals surface area contributed by atoms with Crippen LogP contribution >= 0.6 is 0 Å². The van der Waals surface area contributed by atoms with Gasteiger partial charge in [0.1, 0.15) is 0 Å². The number of aromatic nitrogens is 4. The zero-order valence-electron chi connectivity index (χ0n) is 7.34. The summed E-state index contributed by atoms with van der Waals surface area (Å²) in [6.07, 6.45) is 0. The first-order valence-corrected chi connectivity index (χ1v) is 3.89. The Hall–Kier alpha value is -2.18. The van der Waals surface area contributed by atoms with E-state index in [9.17, 15) is 9.59 Å². The van der Waals surface area contributed by atoms with Gasteiger partial charge in [-0.25, -0.2) is 9.97 Å². The molecule has 0 aliphatic carbocycles. The summed E-state index contributed by atoms with van der Waals surface area (Å²) >= 11 is 0. The van der Waals surface area contributed by atoms with Gasteiger partial charge in [0.05, 0.1) is 0 Å². The molecule has 0 unspecified atom stereocenters. The number of rotatable bonds is 1. The third-order valence-electron chi connectivity index (χ3n) is 1.77. The van der Waals surface area contributed by atoms with E-state index < -0.39 is 5.56 Å². The van der Waals surface area contributed by atoms with E-state index in [2.05, 4.69) is 19.9 Å². The van der Waals surface area contributed by atoms with Crippen molar-refractivity contribution in [2.24, 2.45) is 0 Å². The number of anilines is 1. The van der Waals surface area contributed by atoms with Gasteiger partial charge in [-0.15, -0.1) is 4.98 Å². The molecule has 72 valence electrons. The SMILES string of the molecule is CC(=O)c1nc2[nH+]c(N)[nH]c(=O)c2[nH]1. The standard InChI is InChI=1S/C7H7N5O2/c1-2(13)4-9-3-5(10-4)11-7(8)12-6(3)14/h1H3,(H4,8,9,10,11,12,14)/p+1. The number of hydrogen-bond donors (Lipinski definition) is 3. The van der Waals surface area contributed by atoms with Crippen LogP contribution in [0.1, 0.15) is 17.5 Å². The Morgan fingerprint density at radius 2 is 2.21 bits per heavy atom. The lowest BCUT2D eigenvalue weighted by atomic mass is 10.4. The van der Waals surface area contributed by atoms with Crippen LogP contribution in [0.2, 0.25) is 0 Å². The van der Waals surface area contributed by atoms with Crippen LogP contribution in [0.15, 0.2) is 4.79 Å². The third-order valence-corrected chi connectivity index (χ3v) is 1.77. The second kappa shape index (κ2) is 2.66. The van der Waals surface area contributed by atoms with Gasteiger partial charge in [-0.2, -0.15) is 0 Å². The zero-order chi connectivity index (χ0) is 10.3. The number of fused-ring (bicyclic) bond motifs is 1. The highest BCUT2D eigenvalue weighted by molar-refractivity contribution is 5.92. The molecule has 0 aliphatic heterocycles. The summed E-state index contributed by atoms with van der Waals surface area (Å²) in [5.74, 6) is -0.0102. The number of nitrogen functional groups attached to an aromatic ring is 1. The molecule has 0 saturated heterocycles. The summed E-state index contributed by atoms with van der Waals surface area (Å²) in [5, 5.41) is 0. The summed E-state index contributed by atoms with van der Waals surface area (Å²) in [6, 6.07) is 0. The molecule has 2 aromatic heterocycles. The largest absolute Gasteiger partial charge is 0.322 e. The third kappa shape index (κ3) is 1.15. The molecule has 14 heavy (non-hydrogen) atoms. The average molecular weight is 194 g/mol. The van der Waals surface area contributed by atoms with Crippen LogP contribution in [0.5, 0.6) is 0 Å². The fourth-order valence-corrected chi connectivity index (χ4v) is 1.14. The van der Waals surface area contributed by atoms with Crippen molar-refractivity contribution in [3.8, 4) is 0 Å². The summed E-state index contributed by atoms with van der Waals surface area (Å²) in [6.45, 7) is 1.36. The van der Waals surface area contributed by atoms with Crippen molar-refractivity contribution in [3.63, 3.8) is 0 Å². The summed E-state index contributed by atoms with van der Waals surface area (Å²) in [4.78, 5) is 33.7. The molecule has 0 fully saturated rings. The molecule has 5 N–H and O–H groups in total. The molecule has 0 aromatic carbocycles. The normalized spacial score (nSPS) is 10.6. The first-order valence-electron chi connectivity index (χ1n) is 3.89. The van der Waals surface area contributed by atoms with Gasteiger partial charge in [0, 0.05) is 6.92 Å². The second-order valence-corrected chi connectivity index (χ2v) is 2.86. The Kier molecular flexibility index (Phi) is 1.60. The smallest absolute Gasteiger partial charge is 0.316 e. The number of nitrogens with one attached hydrogen (secondary N) is 3. The number of H-pyrrole nitrogens is 3. The Morgan fingerprint density at radius 1 is 1.50 bits per heavy atom. The molecule has 0 atom stereocenters. The van der Waals surface area contributed by atoms with Gasteiger partial charge in [0.2, 0.25) is 11.6 Å². The van der Waals surface area contributed by atoms with Gasteiger partial charge < -0.3 is 10.7 Å². The van der Waals surface area contributed by atoms with Crippen LogP contribution in [-0.2, 0) is 0 Å². The molecule has 7 nitrogen and oxygen atoms in total. The topological polar surface area (TPSA) is 119 Å². The van der Waals surface area contributed by atoms with Crippen LogP contribution in [-0.4, -0.2) is 20.7 Å². The van der Waals surface area contributed by atoms with Gasteiger partial charge >= 0.3 is 11.5 Å².